The van der Waals surface area contributed by atoms with Crippen LogP contribution in [-0.4, -0.2) is 29.4 Å². The summed E-state index contributed by atoms with van der Waals surface area (Å²) in [6.07, 6.45) is 7.84. The van der Waals surface area contributed by atoms with Crippen LogP contribution in [0, 0.1) is 5.92 Å². The first-order valence-electron chi connectivity index (χ1n) is 6.77. The number of hydrogen-bond donors (Lipinski definition) is 1. The highest BCUT2D eigenvalue weighted by atomic mass is 16.2. The van der Waals surface area contributed by atoms with E-state index in [9.17, 15) is 4.79 Å². The van der Waals surface area contributed by atoms with E-state index in [0.29, 0.717) is 24.3 Å². The normalized spacial score (nSPS) is 30.1. The summed E-state index contributed by atoms with van der Waals surface area (Å²) in [5.74, 6) is 0.779. The lowest BCUT2D eigenvalue weighted by atomic mass is 9.82. The van der Waals surface area contributed by atoms with Crippen LogP contribution in [0.4, 0.5) is 0 Å². The molecule has 2 unspecified atom stereocenters. The van der Waals surface area contributed by atoms with E-state index in [-0.39, 0.29) is 6.04 Å². The highest BCUT2D eigenvalue weighted by molar-refractivity contribution is 5.77. The van der Waals surface area contributed by atoms with Crippen molar-refractivity contribution < 1.29 is 4.79 Å². The van der Waals surface area contributed by atoms with Crippen molar-refractivity contribution in [1.82, 2.24) is 4.90 Å². The van der Waals surface area contributed by atoms with Crippen LogP contribution in [-0.2, 0) is 4.79 Å². The van der Waals surface area contributed by atoms with Gasteiger partial charge < -0.3 is 10.6 Å². The minimum absolute atomic E-state index is 0.260. The van der Waals surface area contributed by atoms with Crippen LogP contribution in [0.25, 0.3) is 0 Å². The Morgan fingerprint density at radius 3 is 2.50 bits per heavy atom. The Morgan fingerprint density at radius 1 is 1.25 bits per heavy atom. The van der Waals surface area contributed by atoms with E-state index < -0.39 is 0 Å². The Hall–Kier alpha value is -0.570. The lowest BCUT2D eigenvalue weighted by molar-refractivity contribution is -0.133. The summed E-state index contributed by atoms with van der Waals surface area (Å²) in [5, 5.41) is 0. The van der Waals surface area contributed by atoms with E-state index in [2.05, 4.69) is 11.8 Å². The van der Waals surface area contributed by atoms with Crippen molar-refractivity contribution >= 4 is 5.91 Å². The number of amides is 1. The van der Waals surface area contributed by atoms with Crippen LogP contribution in [0.2, 0.25) is 0 Å². The smallest absolute Gasteiger partial charge is 0.223 e. The summed E-state index contributed by atoms with van der Waals surface area (Å²) in [5.41, 5.74) is 6.09. The second-order valence-corrected chi connectivity index (χ2v) is 5.32. The average Bonchev–Trinajstić information content (AvgIpc) is 3.07. The fourth-order valence-electron chi connectivity index (χ4n) is 2.86. The predicted octanol–water partition coefficient (Wildman–Crippen LogP) is 1.90. The quantitative estimate of drug-likeness (QED) is 0.793. The minimum Gasteiger partial charge on any atom is -0.340 e. The van der Waals surface area contributed by atoms with Gasteiger partial charge in [-0.05, 0) is 38.5 Å². The molecule has 92 valence electrons. The molecule has 2 rings (SSSR count). The molecular formula is C13H24N2O. The molecule has 16 heavy (non-hydrogen) atoms. The summed E-state index contributed by atoms with van der Waals surface area (Å²) in [6, 6.07) is 0.813. The van der Waals surface area contributed by atoms with Crippen molar-refractivity contribution in [2.45, 2.75) is 64.0 Å². The van der Waals surface area contributed by atoms with Crippen LogP contribution >= 0.6 is 0 Å². The SMILES string of the molecule is CCN(C(=O)CC1CCCCC1N)C1CC1. The Bertz CT molecular complexity index is 250. The third-order valence-electron chi connectivity index (χ3n) is 4.05. The van der Waals surface area contributed by atoms with E-state index >= 15 is 0 Å². The van der Waals surface area contributed by atoms with Crippen molar-refractivity contribution in [3.05, 3.63) is 0 Å². The second kappa shape index (κ2) is 5.17. The molecular weight excluding hydrogens is 200 g/mol. The number of hydrogen-bond acceptors (Lipinski definition) is 2. The van der Waals surface area contributed by atoms with Gasteiger partial charge in [0.1, 0.15) is 0 Å². The van der Waals surface area contributed by atoms with Gasteiger partial charge in [-0.3, -0.25) is 4.79 Å². The van der Waals surface area contributed by atoms with E-state index in [1.54, 1.807) is 0 Å². The Kier molecular flexibility index (Phi) is 3.85. The third-order valence-corrected chi connectivity index (χ3v) is 4.05. The Balaban J connectivity index is 1.84. The predicted molar refractivity (Wildman–Crippen MR) is 65.0 cm³/mol. The first-order chi connectivity index (χ1) is 7.72. The van der Waals surface area contributed by atoms with Gasteiger partial charge in [-0.2, -0.15) is 0 Å². The van der Waals surface area contributed by atoms with Crippen LogP contribution in [0.1, 0.15) is 51.9 Å². The van der Waals surface area contributed by atoms with E-state index in [1.165, 1.54) is 25.7 Å². The summed E-state index contributed by atoms with van der Waals surface area (Å²) < 4.78 is 0. The van der Waals surface area contributed by atoms with Crippen molar-refractivity contribution in [2.75, 3.05) is 6.54 Å². The zero-order valence-electron chi connectivity index (χ0n) is 10.3. The topological polar surface area (TPSA) is 46.3 Å². The molecule has 3 nitrogen and oxygen atoms in total. The zero-order valence-corrected chi connectivity index (χ0v) is 10.3. The summed E-state index contributed by atoms with van der Waals surface area (Å²) in [4.78, 5) is 14.2. The number of carbonyl (C=O) groups excluding carboxylic acids is 1. The molecule has 2 saturated carbocycles. The van der Waals surface area contributed by atoms with Gasteiger partial charge in [0.2, 0.25) is 5.91 Å². The highest BCUT2D eigenvalue weighted by Crippen LogP contribution is 2.30. The Morgan fingerprint density at radius 2 is 1.94 bits per heavy atom. The number of nitrogens with two attached hydrogens (primary N) is 1. The third kappa shape index (κ3) is 2.76. The lowest BCUT2D eigenvalue weighted by Gasteiger charge is -2.30. The molecule has 3 heteroatoms. The van der Waals surface area contributed by atoms with Gasteiger partial charge in [-0.1, -0.05) is 12.8 Å². The molecule has 0 aromatic carbocycles. The fourth-order valence-corrected chi connectivity index (χ4v) is 2.86. The molecule has 0 bridgehead atoms. The maximum atomic E-state index is 12.1. The second-order valence-electron chi connectivity index (χ2n) is 5.32. The fraction of sp³-hybridized carbons (Fsp3) is 0.923. The largest absolute Gasteiger partial charge is 0.340 e. The maximum absolute atomic E-state index is 12.1. The summed E-state index contributed by atoms with van der Waals surface area (Å²) >= 11 is 0. The van der Waals surface area contributed by atoms with Gasteiger partial charge in [0.05, 0.1) is 0 Å². The van der Waals surface area contributed by atoms with Gasteiger partial charge in [-0.25, -0.2) is 0 Å². The maximum Gasteiger partial charge on any atom is 0.223 e. The molecule has 2 N–H and O–H groups in total. The summed E-state index contributed by atoms with van der Waals surface area (Å²) in [7, 11) is 0. The van der Waals surface area contributed by atoms with E-state index in [0.717, 1.165) is 19.4 Å². The highest BCUT2D eigenvalue weighted by Gasteiger charge is 2.33. The van der Waals surface area contributed by atoms with Gasteiger partial charge in [0.25, 0.3) is 0 Å². The van der Waals surface area contributed by atoms with Gasteiger partial charge in [0.15, 0.2) is 0 Å². The monoisotopic (exact) mass is 224 g/mol. The van der Waals surface area contributed by atoms with E-state index in [4.69, 9.17) is 5.73 Å². The van der Waals surface area contributed by atoms with Crippen molar-refractivity contribution in [2.24, 2.45) is 11.7 Å². The van der Waals surface area contributed by atoms with Crippen molar-refractivity contribution in [3.8, 4) is 0 Å². The number of rotatable bonds is 4. The van der Waals surface area contributed by atoms with Crippen molar-refractivity contribution in [1.29, 1.82) is 0 Å². The number of nitrogens with zero attached hydrogens (tertiary/aromatic N) is 1. The first-order valence-corrected chi connectivity index (χ1v) is 6.77. The van der Waals surface area contributed by atoms with E-state index in [1.807, 2.05) is 0 Å². The molecule has 2 fully saturated rings. The van der Waals surface area contributed by atoms with Gasteiger partial charge in [-0.15, -0.1) is 0 Å². The molecule has 2 atom stereocenters. The first kappa shape index (κ1) is 11.9. The molecule has 1 amide bonds. The molecule has 0 saturated heterocycles. The van der Waals surface area contributed by atoms with Gasteiger partial charge >= 0.3 is 0 Å². The summed E-state index contributed by atoms with van der Waals surface area (Å²) in [6.45, 7) is 2.95. The number of carbonyl (C=O) groups is 1. The zero-order chi connectivity index (χ0) is 11.5. The lowest BCUT2D eigenvalue weighted by Crippen LogP contribution is -2.39. The van der Waals surface area contributed by atoms with Crippen LogP contribution in [0.5, 0.6) is 0 Å². The molecule has 0 radical (unpaired) electrons. The molecule has 2 aliphatic rings. The van der Waals surface area contributed by atoms with Crippen molar-refractivity contribution in [3.63, 3.8) is 0 Å². The molecule has 0 aliphatic heterocycles. The molecule has 0 spiro atoms. The van der Waals surface area contributed by atoms with Crippen LogP contribution in [0.3, 0.4) is 0 Å². The van der Waals surface area contributed by atoms with Crippen LogP contribution < -0.4 is 5.73 Å². The molecule has 2 aliphatic carbocycles. The molecule has 0 aromatic rings. The standard InChI is InChI=1S/C13H24N2O/c1-2-15(11-7-8-11)13(16)9-10-5-3-4-6-12(10)14/h10-12H,2-9,14H2,1H3. The van der Waals surface area contributed by atoms with Crippen LogP contribution in [0.15, 0.2) is 0 Å². The average molecular weight is 224 g/mol. The Labute approximate surface area is 98.4 Å². The molecule has 0 aromatic heterocycles. The minimum atomic E-state index is 0.260. The molecule has 0 heterocycles. The van der Waals surface area contributed by atoms with Gasteiger partial charge in [0, 0.05) is 25.0 Å².